The molecular formula is C15H18N2O2. The van der Waals surface area contributed by atoms with E-state index in [-0.39, 0.29) is 17.2 Å². The first-order valence-electron chi connectivity index (χ1n) is 6.74. The van der Waals surface area contributed by atoms with E-state index in [1.807, 2.05) is 6.07 Å². The van der Waals surface area contributed by atoms with Gasteiger partial charge in [0.1, 0.15) is 0 Å². The lowest BCUT2D eigenvalue weighted by Crippen LogP contribution is -2.30. The second-order valence-corrected chi connectivity index (χ2v) is 6.12. The molecule has 4 nitrogen and oxygen atoms in total. The van der Waals surface area contributed by atoms with E-state index in [0.29, 0.717) is 17.2 Å². The third-order valence-electron chi connectivity index (χ3n) is 4.33. The number of imide groups is 1. The highest BCUT2D eigenvalue weighted by Gasteiger charge is 2.34. The predicted molar refractivity (Wildman–Crippen MR) is 73.3 cm³/mol. The van der Waals surface area contributed by atoms with E-state index in [1.165, 1.54) is 12.8 Å². The summed E-state index contributed by atoms with van der Waals surface area (Å²) < 4.78 is 0. The summed E-state index contributed by atoms with van der Waals surface area (Å²) >= 11 is 0. The van der Waals surface area contributed by atoms with Gasteiger partial charge in [0.25, 0.3) is 11.8 Å². The molecular weight excluding hydrogens is 240 g/mol. The van der Waals surface area contributed by atoms with Crippen LogP contribution >= 0.6 is 0 Å². The largest absolute Gasteiger partial charge is 0.382 e. The fourth-order valence-corrected chi connectivity index (χ4v) is 3.05. The Bertz CT molecular complexity index is 563. The monoisotopic (exact) mass is 258 g/mol. The zero-order valence-electron chi connectivity index (χ0n) is 11.2. The molecule has 1 aromatic carbocycles. The zero-order valence-corrected chi connectivity index (χ0v) is 11.2. The summed E-state index contributed by atoms with van der Waals surface area (Å²) in [7, 11) is 0. The van der Waals surface area contributed by atoms with E-state index in [2.05, 4.69) is 24.5 Å². The van der Waals surface area contributed by atoms with E-state index in [9.17, 15) is 9.59 Å². The van der Waals surface area contributed by atoms with Crippen molar-refractivity contribution in [3.05, 3.63) is 29.3 Å². The number of carbonyl (C=O) groups excluding carboxylic acids is 2. The normalized spacial score (nSPS) is 24.2. The van der Waals surface area contributed by atoms with Gasteiger partial charge in [0.05, 0.1) is 11.1 Å². The van der Waals surface area contributed by atoms with E-state index < -0.39 is 0 Å². The topological polar surface area (TPSA) is 58.2 Å². The second kappa shape index (κ2) is 4.08. The molecule has 2 N–H and O–H groups in total. The Labute approximate surface area is 112 Å². The summed E-state index contributed by atoms with van der Waals surface area (Å²) in [5.41, 5.74) is 2.15. The molecule has 0 radical (unpaired) electrons. The van der Waals surface area contributed by atoms with Gasteiger partial charge in [0, 0.05) is 11.7 Å². The van der Waals surface area contributed by atoms with Crippen LogP contribution in [0, 0.1) is 5.41 Å². The third-order valence-corrected chi connectivity index (χ3v) is 4.33. The summed E-state index contributed by atoms with van der Waals surface area (Å²) in [6, 6.07) is 5.81. The van der Waals surface area contributed by atoms with Crippen LogP contribution in [-0.2, 0) is 0 Å². The van der Waals surface area contributed by atoms with Crippen LogP contribution in [0.15, 0.2) is 18.2 Å². The van der Waals surface area contributed by atoms with Crippen LogP contribution < -0.4 is 10.6 Å². The number of hydrogen-bond acceptors (Lipinski definition) is 3. The van der Waals surface area contributed by atoms with Crippen LogP contribution in [-0.4, -0.2) is 17.9 Å². The molecule has 2 aliphatic rings. The zero-order chi connectivity index (χ0) is 13.6. The first-order chi connectivity index (χ1) is 8.97. The number of carbonyl (C=O) groups is 2. The lowest BCUT2D eigenvalue weighted by Gasteiger charge is -2.28. The van der Waals surface area contributed by atoms with E-state index in [0.717, 1.165) is 12.1 Å². The van der Waals surface area contributed by atoms with Gasteiger partial charge in [-0.2, -0.15) is 0 Å². The highest BCUT2D eigenvalue weighted by molar-refractivity contribution is 6.21. The van der Waals surface area contributed by atoms with Crippen LogP contribution in [0.5, 0.6) is 0 Å². The molecule has 1 aliphatic heterocycles. The van der Waals surface area contributed by atoms with Crippen molar-refractivity contribution in [3.8, 4) is 0 Å². The number of rotatable bonds is 2. The van der Waals surface area contributed by atoms with Crippen molar-refractivity contribution in [3.63, 3.8) is 0 Å². The molecule has 1 aromatic rings. The fourth-order valence-electron chi connectivity index (χ4n) is 3.05. The molecule has 100 valence electrons. The van der Waals surface area contributed by atoms with E-state index in [4.69, 9.17) is 0 Å². The van der Waals surface area contributed by atoms with Crippen LogP contribution in [0.2, 0.25) is 0 Å². The molecule has 2 amide bonds. The van der Waals surface area contributed by atoms with Crippen LogP contribution in [0.25, 0.3) is 0 Å². The van der Waals surface area contributed by atoms with Crippen molar-refractivity contribution in [2.75, 3.05) is 5.32 Å². The Hall–Kier alpha value is -1.84. The number of nitrogens with one attached hydrogen (secondary N) is 2. The summed E-state index contributed by atoms with van der Waals surface area (Å²) in [6.45, 7) is 4.53. The molecule has 3 rings (SSSR count). The number of amides is 2. The Balaban J connectivity index is 1.86. The lowest BCUT2D eigenvalue weighted by molar-refractivity contribution is 0.0879. The van der Waals surface area contributed by atoms with E-state index >= 15 is 0 Å². The summed E-state index contributed by atoms with van der Waals surface area (Å²) in [4.78, 5) is 23.1. The fraction of sp³-hybridized carbons (Fsp3) is 0.467. The van der Waals surface area contributed by atoms with Crippen molar-refractivity contribution in [1.82, 2.24) is 5.32 Å². The van der Waals surface area contributed by atoms with Gasteiger partial charge in [-0.1, -0.05) is 20.3 Å². The van der Waals surface area contributed by atoms with Gasteiger partial charge in [-0.15, -0.1) is 0 Å². The Morgan fingerprint density at radius 2 is 1.95 bits per heavy atom. The minimum atomic E-state index is -0.298. The first kappa shape index (κ1) is 12.2. The molecule has 0 aromatic heterocycles. The molecule has 19 heavy (non-hydrogen) atoms. The maximum Gasteiger partial charge on any atom is 0.259 e. The molecule has 1 saturated carbocycles. The molecule has 0 saturated heterocycles. The number of fused-ring (bicyclic) bond motifs is 1. The molecule has 0 bridgehead atoms. The molecule has 1 aliphatic carbocycles. The van der Waals surface area contributed by atoms with Gasteiger partial charge in [-0.05, 0) is 36.5 Å². The summed E-state index contributed by atoms with van der Waals surface area (Å²) in [6.07, 6.45) is 3.60. The van der Waals surface area contributed by atoms with Gasteiger partial charge in [0.15, 0.2) is 0 Å². The van der Waals surface area contributed by atoms with E-state index in [1.54, 1.807) is 12.1 Å². The maximum atomic E-state index is 11.6. The maximum absolute atomic E-state index is 11.6. The average Bonchev–Trinajstić information content (AvgIpc) is 2.81. The van der Waals surface area contributed by atoms with Gasteiger partial charge < -0.3 is 5.32 Å². The Morgan fingerprint density at radius 1 is 1.21 bits per heavy atom. The van der Waals surface area contributed by atoms with Crippen molar-refractivity contribution in [2.24, 2.45) is 5.41 Å². The number of anilines is 1. The first-order valence-corrected chi connectivity index (χ1v) is 6.74. The smallest absolute Gasteiger partial charge is 0.259 e. The summed E-state index contributed by atoms with van der Waals surface area (Å²) in [5.74, 6) is -0.595. The SMILES string of the molecule is CC1(C)CCCC1Nc1ccc2c(c1)C(=O)NC2=O. The van der Waals surface area contributed by atoms with Gasteiger partial charge >= 0.3 is 0 Å². The van der Waals surface area contributed by atoms with Crippen molar-refractivity contribution in [2.45, 2.75) is 39.2 Å². The van der Waals surface area contributed by atoms with Crippen LogP contribution in [0.4, 0.5) is 5.69 Å². The molecule has 0 spiro atoms. The predicted octanol–water partition coefficient (Wildman–Crippen LogP) is 2.56. The van der Waals surface area contributed by atoms with Gasteiger partial charge in [0.2, 0.25) is 0 Å². The quantitative estimate of drug-likeness (QED) is 0.801. The minimum Gasteiger partial charge on any atom is -0.382 e. The van der Waals surface area contributed by atoms with Crippen LogP contribution in [0.1, 0.15) is 53.8 Å². The van der Waals surface area contributed by atoms with Crippen molar-refractivity contribution >= 4 is 17.5 Å². The Morgan fingerprint density at radius 3 is 2.63 bits per heavy atom. The average molecular weight is 258 g/mol. The molecule has 1 fully saturated rings. The highest BCUT2D eigenvalue weighted by Crippen LogP contribution is 2.39. The summed E-state index contributed by atoms with van der Waals surface area (Å²) in [5, 5.41) is 5.82. The standard InChI is InChI=1S/C15H18N2O2/c1-15(2)7-3-4-12(15)16-9-5-6-10-11(8-9)14(19)17-13(10)18/h5-6,8,12,16H,3-4,7H2,1-2H3,(H,17,18,19). The van der Waals surface area contributed by atoms with Gasteiger partial charge in [-0.3, -0.25) is 14.9 Å². The molecule has 1 heterocycles. The molecule has 1 unspecified atom stereocenters. The van der Waals surface area contributed by atoms with Crippen LogP contribution in [0.3, 0.4) is 0 Å². The number of benzene rings is 1. The molecule has 1 atom stereocenters. The third kappa shape index (κ3) is 2.01. The van der Waals surface area contributed by atoms with Crippen molar-refractivity contribution < 1.29 is 9.59 Å². The highest BCUT2D eigenvalue weighted by atomic mass is 16.2. The minimum absolute atomic E-state index is 0.275. The van der Waals surface area contributed by atoms with Crippen molar-refractivity contribution in [1.29, 1.82) is 0 Å². The molecule has 4 heteroatoms. The second-order valence-electron chi connectivity index (χ2n) is 6.12. The van der Waals surface area contributed by atoms with Gasteiger partial charge in [-0.25, -0.2) is 0 Å². The number of hydrogen-bond donors (Lipinski definition) is 2. The Kier molecular flexibility index (Phi) is 2.62. The lowest BCUT2D eigenvalue weighted by atomic mass is 9.87.